The smallest absolute Gasteiger partial charge is 0.226 e. The molecule has 3 heterocycles. The van der Waals surface area contributed by atoms with E-state index in [0.29, 0.717) is 18.1 Å². The highest BCUT2D eigenvalue weighted by Crippen LogP contribution is 2.41. The van der Waals surface area contributed by atoms with Gasteiger partial charge in [0.25, 0.3) is 0 Å². The van der Waals surface area contributed by atoms with Gasteiger partial charge in [-0.1, -0.05) is 31.2 Å². The van der Waals surface area contributed by atoms with Crippen molar-refractivity contribution in [2.75, 3.05) is 11.9 Å². The van der Waals surface area contributed by atoms with Gasteiger partial charge < -0.3 is 15.5 Å². The Morgan fingerprint density at radius 2 is 2.03 bits per heavy atom. The van der Waals surface area contributed by atoms with Gasteiger partial charge in [0.05, 0.1) is 17.8 Å². The summed E-state index contributed by atoms with van der Waals surface area (Å²) in [5, 5.41) is 9.28. The predicted molar refractivity (Wildman–Crippen MR) is 130 cm³/mol. The number of amides is 1. The van der Waals surface area contributed by atoms with Crippen molar-refractivity contribution in [2.45, 2.75) is 38.8 Å². The van der Waals surface area contributed by atoms with Gasteiger partial charge in [0.1, 0.15) is 0 Å². The van der Waals surface area contributed by atoms with E-state index in [2.05, 4.69) is 45.8 Å². The fourth-order valence-corrected chi connectivity index (χ4v) is 5.41. The molecular formula is C24H26N4OS2. The second-order valence-corrected chi connectivity index (χ2v) is 8.93. The van der Waals surface area contributed by atoms with Crippen molar-refractivity contribution in [3.05, 3.63) is 81.8 Å². The van der Waals surface area contributed by atoms with Crippen LogP contribution in [0.15, 0.2) is 60.1 Å². The fraction of sp³-hybridized carbons (Fsp3) is 0.292. The maximum Gasteiger partial charge on any atom is 0.226 e. The number of benzene rings is 1. The van der Waals surface area contributed by atoms with E-state index in [-0.39, 0.29) is 18.0 Å². The highest BCUT2D eigenvalue weighted by atomic mass is 32.1. The largest absolute Gasteiger partial charge is 0.352 e. The number of rotatable bonds is 7. The number of thiophene rings is 1. The molecule has 1 fully saturated rings. The summed E-state index contributed by atoms with van der Waals surface area (Å²) < 4.78 is 0. The van der Waals surface area contributed by atoms with Crippen LogP contribution in [-0.2, 0) is 11.2 Å². The molecule has 0 aliphatic carbocycles. The van der Waals surface area contributed by atoms with Gasteiger partial charge in [0, 0.05) is 29.7 Å². The first-order valence-electron chi connectivity index (χ1n) is 10.5. The van der Waals surface area contributed by atoms with E-state index >= 15 is 0 Å². The lowest BCUT2D eigenvalue weighted by atomic mass is 10.0. The van der Waals surface area contributed by atoms with Crippen molar-refractivity contribution in [1.29, 1.82) is 0 Å². The molecule has 0 unspecified atom stereocenters. The van der Waals surface area contributed by atoms with Crippen molar-refractivity contribution in [2.24, 2.45) is 0 Å². The normalized spacial score (nSPS) is 18.1. The zero-order chi connectivity index (χ0) is 21.8. The number of thiocarbonyl (C=S) groups is 1. The quantitative estimate of drug-likeness (QED) is 0.495. The predicted octanol–water partition coefficient (Wildman–Crippen LogP) is 5.02. The van der Waals surface area contributed by atoms with E-state index in [9.17, 15) is 4.79 Å². The Bertz CT molecular complexity index is 1070. The highest BCUT2D eigenvalue weighted by Gasteiger charge is 2.40. The summed E-state index contributed by atoms with van der Waals surface area (Å²) >= 11 is 7.42. The summed E-state index contributed by atoms with van der Waals surface area (Å²) in [7, 11) is 0. The molecule has 1 aromatic carbocycles. The van der Waals surface area contributed by atoms with Gasteiger partial charge in [0.15, 0.2) is 5.11 Å². The van der Waals surface area contributed by atoms with E-state index in [4.69, 9.17) is 12.2 Å². The summed E-state index contributed by atoms with van der Waals surface area (Å²) in [6.45, 7) is 4.75. The molecule has 4 rings (SSSR count). The number of carbonyl (C=O) groups excluding carboxylic acids is 1. The monoisotopic (exact) mass is 450 g/mol. The molecule has 1 aliphatic heterocycles. The minimum Gasteiger partial charge on any atom is -0.352 e. The summed E-state index contributed by atoms with van der Waals surface area (Å²) in [6, 6.07) is 16.0. The van der Waals surface area contributed by atoms with Crippen molar-refractivity contribution >= 4 is 40.3 Å². The summed E-state index contributed by atoms with van der Waals surface area (Å²) in [5.74, 6) is -0.00774. The van der Waals surface area contributed by atoms with E-state index in [1.165, 1.54) is 10.4 Å². The lowest BCUT2D eigenvalue weighted by molar-refractivity contribution is -0.116. The third-order valence-corrected chi connectivity index (χ3v) is 7.06. The number of anilines is 1. The van der Waals surface area contributed by atoms with Crippen LogP contribution in [0.25, 0.3) is 0 Å². The molecule has 1 aliphatic rings. The zero-order valence-corrected chi connectivity index (χ0v) is 19.3. The van der Waals surface area contributed by atoms with Crippen LogP contribution in [-0.4, -0.2) is 27.4 Å². The van der Waals surface area contributed by atoms with Crippen LogP contribution >= 0.6 is 23.6 Å². The molecule has 0 bridgehead atoms. The Morgan fingerprint density at radius 3 is 2.74 bits per heavy atom. The third-order valence-electron chi connectivity index (χ3n) is 5.62. The average Bonchev–Trinajstić information content (AvgIpc) is 3.35. The third kappa shape index (κ3) is 4.62. The molecule has 3 aromatic rings. The van der Waals surface area contributed by atoms with Crippen molar-refractivity contribution < 1.29 is 4.79 Å². The van der Waals surface area contributed by atoms with E-state index in [1.54, 1.807) is 17.5 Å². The van der Waals surface area contributed by atoms with Gasteiger partial charge in [-0.2, -0.15) is 0 Å². The highest BCUT2D eigenvalue weighted by molar-refractivity contribution is 7.80. The van der Waals surface area contributed by atoms with Crippen LogP contribution in [0.1, 0.15) is 47.1 Å². The van der Waals surface area contributed by atoms with Crippen LogP contribution in [0.3, 0.4) is 0 Å². The molecule has 2 atom stereocenters. The standard InChI is InChI=1S/C24H26N4OS2/c1-3-17-8-4-5-9-18(17)26-20(29)11-14-28-22(23-16(2)12-15-31-23)21(27-24(28)30)19-10-6-7-13-25-19/h4-10,12-13,15,21-22H,3,11,14H2,1-2H3,(H,26,29)(H,27,30)/t21-,22-/m1/s1. The number of pyridine rings is 1. The van der Waals surface area contributed by atoms with Crippen LogP contribution < -0.4 is 10.6 Å². The fourth-order valence-electron chi connectivity index (χ4n) is 4.00. The number of para-hydroxylation sites is 1. The second-order valence-electron chi connectivity index (χ2n) is 7.60. The van der Waals surface area contributed by atoms with Gasteiger partial charge in [-0.25, -0.2) is 0 Å². The molecule has 5 nitrogen and oxygen atoms in total. The molecule has 2 aromatic heterocycles. The Morgan fingerprint density at radius 1 is 1.23 bits per heavy atom. The SMILES string of the molecule is CCc1ccccc1NC(=O)CCN1C(=S)N[C@H](c2ccccn2)[C@@H]1c1sccc1C. The molecule has 160 valence electrons. The number of carbonyl (C=O) groups is 1. The van der Waals surface area contributed by atoms with Crippen LogP contribution in [0.5, 0.6) is 0 Å². The number of aromatic nitrogens is 1. The van der Waals surface area contributed by atoms with E-state index < -0.39 is 0 Å². The van der Waals surface area contributed by atoms with Gasteiger partial charge >= 0.3 is 0 Å². The Balaban J connectivity index is 1.53. The van der Waals surface area contributed by atoms with Gasteiger partial charge in [0.2, 0.25) is 5.91 Å². The van der Waals surface area contributed by atoms with Gasteiger partial charge in [-0.15, -0.1) is 11.3 Å². The first-order valence-corrected chi connectivity index (χ1v) is 11.8. The first kappa shape index (κ1) is 21.5. The number of hydrogen-bond donors (Lipinski definition) is 2. The van der Waals surface area contributed by atoms with E-state index in [0.717, 1.165) is 23.4 Å². The Labute approximate surface area is 192 Å². The number of nitrogens with one attached hydrogen (secondary N) is 2. The molecule has 31 heavy (non-hydrogen) atoms. The van der Waals surface area contributed by atoms with Crippen molar-refractivity contribution in [1.82, 2.24) is 15.2 Å². The zero-order valence-electron chi connectivity index (χ0n) is 17.7. The van der Waals surface area contributed by atoms with E-state index in [1.807, 2.05) is 42.5 Å². The summed E-state index contributed by atoms with van der Waals surface area (Å²) in [4.78, 5) is 20.7. The maximum atomic E-state index is 12.7. The molecule has 2 N–H and O–H groups in total. The maximum absolute atomic E-state index is 12.7. The average molecular weight is 451 g/mol. The van der Waals surface area contributed by atoms with Gasteiger partial charge in [-0.05, 0) is 66.3 Å². The molecular weight excluding hydrogens is 424 g/mol. The summed E-state index contributed by atoms with van der Waals surface area (Å²) in [6.07, 6.45) is 3.04. The molecule has 0 spiro atoms. The molecule has 7 heteroatoms. The molecule has 0 saturated carbocycles. The van der Waals surface area contributed by atoms with Crippen LogP contribution in [0.4, 0.5) is 5.69 Å². The lowest BCUT2D eigenvalue weighted by Gasteiger charge is -2.27. The molecule has 1 amide bonds. The van der Waals surface area contributed by atoms with Crippen LogP contribution in [0.2, 0.25) is 0 Å². The number of hydrogen-bond acceptors (Lipinski definition) is 4. The number of nitrogens with zero attached hydrogens (tertiary/aromatic N) is 2. The second kappa shape index (κ2) is 9.58. The minimum absolute atomic E-state index is 0.00774. The topological polar surface area (TPSA) is 57.3 Å². The number of aryl methyl sites for hydroxylation is 2. The van der Waals surface area contributed by atoms with Crippen molar-refractivity contribution in [3.8, 4) is 0 Å². The molecule has 0 radical (unpaired) electrons. The molecule has 1 saturated heterocycles. The van der Waals surface area contributed by atoms with Gasteiger partial charge in [-0.3, -0.25) is 9.78 Å². The van der Waals surface area contributed by atoms with Crippen molar-refractivity contribution in [3.63, 3.8) is 0 Å². The Kier molecular flexibility index (Phi) is 6.63. The van der Waals surface area contributed by atoms with Crippen LogP contribution in [0, 0.1) is 6.92 Å². The first-order chi connectivity index (χ1) is 15.1. The lowest BCUT2D eigenvalue weighted by Crippen LogP contribution is -2.32. The Hall–Kier alpha value is -2.77. The summed E-state index contributed by atoms with van der Waals surface area (Å²) in [5.41, 5.74) is 4.20. The minimum atomic E-state index is -0.0464.